The van der Waals surface area contributed by atoms with Gasteiger partial charge in [-0.2, -0.15) is 4.68 Å². The smallest absolute Gasteiger partial charge is 0.363 e. The molecular weight excluding hydrogens is 242 g/mol. The lowest BCUT2D eigenvalue weighted by Gasteiger charge is -2.05. The third kappa shape index (κ3) is 2.26. The van der Waals surface area contributed by atoms with Crippen LogP contribution in [0.1, 0.15) is 24.3 Å². The lowest BCUT2D eigenvalue weighted by molar-refractivity contribution is 0.0372. The van der Waals surface area contributed by atoms with Crippen LogP contribution in [0, 0.1) is 0 Å². The largest absolute Gasteiger partial charge is 0.458 e. The molecule has 2 aromatic heterocycles. The zero-order valence-electron chi connectivity index (χ0n) is 9.32. The molecule has 0 bridgehead atoms. The van der Waals surface area contributed by atoms with Crippen LogP contribution in [0.3, 0.4) is 0 Å². The number of aromatic nitrogens is 4. The van der Waals surface area contributed by atoms with E-state index in [1.54, 1.807) is 25.4 Å². The summed E-state index contributed by atoms with van der Waals surface area (Å²) in [7, 11) is 0. The lowest BCUT2D eigenvalue weighted by Crippen LogP contribution is -2.14. The van der Waals surface area contributed by atoms with Gasteiger partial charge in [0.2, 0.25) is 10.8 Å². The molecule has 0 saturated carbocycles. The summed E-state index contributed by atoms with van der Waals surface area (Å²) in [6.07, 6.45) is 1.39. The number of thiazole rings is 1. The maximum atomic E-state index is 11.6. The van der Waals surface area contributed by atoms with Gasteiger partial charge in [-0.3, -0.25) is 0 Å². The van der Waals surface area contributed by atoms with Crippen LogP contribution in [0.2, 0.25) is 0 Å². The van der Waals surface area contributed by atoms with Crippen molar-refractivity contribution in [3.05, 3.63) is 17.3 Å². The van der Waals surface area contributed by atoms with Gasteiger partial charge < -0.3 is 10.5 Å². The summed E-state index contributed by atoms with van der Waals surface area (Å²) in [4.78, 5) is 15.7. The molecule has 0 fully saturated rings. The van der Waals surface area contributed by atoms with E-state index in [1.807, 2.05) is 0 Å². The molecular formula is C9H11N5O2S. The summed E-state index contributed by atoms with van der Waals surface area (Å²) in [6, 6.07) is 0. The third-order valence-corrected chi connectivity index (χ3v) is 2.59. The van der Waals surface area contributed by atoms with Gasteiger partial charge in [0.25, 0.3) is 0 Å². The van der Waals surface area contributed by atoms with Gasteiger partial charge in [0.1, 0.15) is 0 Å². The number of carbonyl (C=O) groups is 1. The minimum Gasteiger partial charge on any atom is -0.458 e. The van der Waals surface area contributed by atoms with Crippen LogP contribution < -0.4 is 5.73 Å². The fourth-order valence-corrected chi connectivity index (χ4v) is 1.77. The van der Waals surface area contributed by atoms with Crippen LogP contribution in [0.4, 0.5) is 5.82 Å². The average molecular weight is 253 g/mol. The first kappa shape index (κ1) is 11.5. The first-order valence-electron chi connectivity index (χ1n) is 4.91. The SMILES string of the molecule is CC(C)OC(=O)c1nnn(-c2nccs2)c1N. The third-order valence-electron chi connectivity index (χ3n) is 1.84. The van der Waals surface area contributed by atoms with Crippen molar-refractivity contribution in [1.82, 2.24) is 20.0 Å². The maximum absolute atomic E-state index is 11.6. The Hall–Kier alpha value is -1.96. The number of hydrogen-bond acceptors (Lipinski definition) is 7. The van der Waals surface area contributed by atoms with Crippen molar-refractivity contribution in [2.75, 3.05) is 5.73 Å². The van der Waals surface area contributed by atoms with Crippen LogP contribution in [-0.2, 0) is 4.74 Å². The van der Waals surface area contributed by atoms with Gasteiger partial charge in [0.15, 0.2) is 5.82 Å². The highest BCUT2D eigenvalue weighted by Crippen LogP contribution is 2.17. The number of hydrogen-bond donors (Lipinski definition) is 1. The number of ether oxygens (including phenoxy) is 1. The first-order chi connectivity index (χ1) is 8.09. The van der Waals surface area contributed by atoms with E-state index >= 15 is 0 Å². The first-order valence-corrected chi connectivity index (χ1v) is 5.79. The molecule has 2 heterocycles. The number of esters is 1. The Balaban J connectivity index is 2.30. The molecule has 0 amide bonds. The Kier molecular flexibility index (Phi) is 3.05. The number of rotatable bonds is 3. The zero-order chi connectivity index (χ0) is 12.4. The highest BCUT2D eigenvalue weighted by molar-refractivity contribution is 7.12. The van der Waals surface area contributed by atoms with Crippen LogP contribution >= 0.6 is 11.3 Å². The van der Waals surface area contributed by atoms with E-state index < -0.39 is 5.97 Å². The molecule has 0 aliphatic heterocycles. The van der Waals surface area contributed by atoms with Crippen molar-refractivity contribution in [3.8, 4) is 5.13 Å². The number of anilines is 1. The second kappa shape index (κ2) is 4.50. The highest BCUT2D eigenvalue weighted by Gasteiger charge is 2.21. The second-order valence-electron chi connectivity index (χ2n) is 3.50. The van der Waals surface area contributed by atoms with Crippen LogP contribution in [-0.4, -0.2) is 32.1 Å². The predicted molar refractivity (Wildman–Crippen MR) is 62.0 cm³/mol. The molecule has 0 unspecified atom stereocenters. The Morgan fingerprint density at radius 1 is 1.59 bits per heavy atom. The number of nitrogens with two attached hydrogens (primary N) is 1. The predicted octanol–water partition coefficient (Wildman–Crippen LogP) is 0.871. The van der Waals surface area contributed by atoms with Crippen molar-refractivity contribution < 1.29 is 9.53 Å². The Bertz CT molecular complexity index is 519. The Morgan fingerprint density at radius 2 is 2.35 bits per heavy atom. The summed E-state index contributed by atoms with van der Waals surface area (Å²) in [6.45, 7) is 3.50. The molecule has 0 saturated heterocycles. The standard InChI is InChI=1S/C9H11N5O2S/c1-5(2)16-8(15)6-7(10)14(13-12-6)9-11-3-4-17-9/h3-5H,10H2,1-2H3. The van der Waals surface area contributed by atoms with Crippen LogP contribution in [0.25, 0.3) is 5.13 Å². The summed E-state index contributed by atoms with van der Waals surface area (Å²) >= 11 is 1.35. The van der Waals surface area contributed by atoms with Gasteiger partial charge >= 0.3 is 5.97 Å². The van der Waals surface area contributed by atoms with E-state index in [-0.39, 0.29) is 17.6 Å². The van der Waals surface area contributed by atoms with Gasteiger partial charge in [-0.05, 0) is 13.8 Å². The number of nitrogens with zero attached hydrogens (tertiary/aromatic N) is 4. The molecule has 7 nitrogen and oxygen atoms in total. The highest BCUT2D eigenvalue weighted by atomic mass is 32.1. The molecule has 0 radical (unpaired) electrons. The molecule has 0 atom stereocenters. The van der Waals surface area contributed by atoms with Gasteiger partial charge in [0, 0.05) is 11.6 Å². The fourth-order valence-electron chi connectivity index (χ4n) is 1.17. The van der Waals surface area contributed by atoms with Crippen LogP contribution in [0.15, 0.2) is 11.6 Å². The van der Waals surface area contributed by atoms with Crippen molar-refractivity contribution >= 4 is 23.1 Å². The minimum absolute atomic E-state index is 0.00824. The van der Waals surface area contributed by atoms with E-state index in [9.17, 15) is 4.79 Å². The molecule has 0 spiro atoms. The lowest BCUT2D eigenvalue weighted by atomic mass is 10.4. The Labute approximate surface area is 101 Å². The molecule has 8 heteroatoms. The van der Waals surface area contributed by atoms with E-state index in [0.29, 0.717) is 5.13 Å². The molecule has 0 aliphatic rings. The van der Waals surface area contributed by atoms with Crippen molar-refractivity contribution in [1.29, 1.82) is 0 Å². The average Bonchev–Trinajstić information content (AvgIpc) is 2.84. The molecule has 2 rings (SSSR count). The summed E-state index contributed by atoms with van der Waals surface area (Å²) in [5.74, 6) is -0.453. The molecule has 0 aromatic carbocycles. The summed E-state index contributed by atoms with van der Waals surface area (Å²) < 4.78 is 6.30. The molecule has 0 aliphatic carbocycles. The Morgan fingerprint density at radius 3 is 2.94 bits per heavy atom. The van der Waals surface area contributed by atoms with Crippen molar-refractivity contribution in [2.24, 2.45) is 0 Å². The molecule has 17 heavy (non-hydrogen) atoms. The molecule has 2 aromatic rings. The summed E-state index contributed by atoms with van der Waals surface area (Å²) in [5, 5.41) is 9.81. The maximum Gasteiger partial charge on any atom is 0.363 e. The quantitative estimate of drug-likeness (QED) is 0.815. The monoisotopic (exact) mass is 253 g/mol. The second-order valence-corrected chi connectivity index (χ2v) is 4.38. The van der Waals surface area contributed by atoms with Gasteiger partial charge in [-0.25, -0.2) is 9.78 Å². The summed E-state index contributed by atoms with van der Waals surface area (Å²) in [5.41, 5.74) is 5.78. The number of carbonyl (C=O) groups excluding carboxylic acids is 1. The normalized spacial score (nSPS) is 10.8. The topological polar surface area (TPSA) is 95.9 Å². The fraction of sp³-hybridized carbons (Fsp3) is 0.333. The molecule has 90 valence electrons. The van der Waals surface area contributed by atoms with E-state index in [1.165, 1.54) is 16.0 Å². The van der Waals surface area contributed by atoms with E-state index in [4.69, 9.17) is 10.5 Å². The van der Waals surface area contributed by atoms with Gasteiger partial charge in [-0.15, -0.1) is 16.4 Å². The zero-order valence-corrected chi connectivity index (χ0v) is 10.1. The van der Waals surface area contributed by atoms with Gasteiger partial charge in [-0.1, -0.05) is 5.21 Å². The molecule has 2 N–H and O–H groups in total. The van der Waals surface area contributed by atoms with E-state index in [0.717, 1.165) is 0 Å². The minimum atomic E-state index is -0.583. The number of nitrogen functional groups attached to an aromatic ring is 1. The van der Waals surface area contributed by atoms with Crippen molar-refractivity contribution in [2.45, 2.75) is 20.0 Å². The van der Waals surface area contributed by atoms with Crippen molar-refractivity contribution in [3.63, 3.8) is 0 Å². The van der Waals surface area contributed by atoms with E-state index in [2.05, 4.69) is 15.3 Å². The van der Waals surface area contributed by atoms with Gasteiger partial charge in [0.05, 0.1) is 6.10 Å². The van der Waals surface area contributed by atoms with Crippen LogP contribution in [0.5, 0.6) is 0 Å².